The smallest absolute Gasteiger partial charge is 0.213 e. The second-order valence-corrected chi connectivity index (χ2v) is 3.26. The number of aromatic nitrogens is 1. The molecule has 0 saturated carbocycles. The summed E-state index contributed by atoms with van der Waals surface area (Å²) in [6.45, 7) is 2.02. The molecule has 0 atom stereocenters. The van der Waals surface area contributed by atoms with Crippen molar-refractivity contribution in [1.82, 2.24) is 4.98 Å². The van der Waals surface area contributed by atoms with E-state index >= 15 is 0 Å². The number of hydrogen-bond acceptors (Lipinski definition) is 3. The van der Waals surface area contributed by atoms with Gasteiger partial charge in [-0.25, -0.2) is 4.98 Å². The summed E-state index contributed by atoms with van der Waals surface area (Å²) in [6.07, 6.45) is 0. The highest BCUT2D eigenvalue weighted by Gasteiger charge is 2.01. The minimum atomic E-state index is 0.613. The van der Waals surface area contributed by atoms with Gasteiger partial charge >= 0.3 is 0 Å². The average Bonchev–Trinajstić information content (AvgIpc) is 2.16. The van der Waals surface area contributed by atoms with Gasteiger partial charge in [0.15, 0.2) is 0 Å². The molecule has 0 bridgehead atoms. The van der Waals surface area contributed by atoms with Crippen molar-refractivity contribution in [3.8, 4) is 5.88 Å². The molecule has 0 fully saturated rings. The van der Waals surface area contributed by atoms with Crippen LogP contribution in [0, 0.1) is 6.92 Å². The van der Waals surface area contributed by atoms with Crippen molar-refractivity contribution in [3.05, 3.63) is 29.8 Å². The van der Waals surface area contributed by atoms with Crippen LogP contribution in [0.3, 0.4) is 0 Å². The highest BCUT2D eigenvalue weighted by molar-refractivity contribution is 5.85. The number of ether oxygens (including phenoxy) is 1. The number of rotatable bonds is 1. The first kappa shape index (κ1) is 8.81. The normalized spacial score (nSPS) is 10.4. The molecule has 2 rings (SSSR count). The van der Waals surface area contributed by atoms with Gasteiger partial charge in [0, 0.05) is 17.1 Å². The maximum atomic E-state index is 5.74. The molecule has 0 aliphatic rings. The molecule has 0 aliphatic carbocycles. The molecule has 0 amide bonds. The Bertz CT molecular complexity index is 480. The summed E-state index contributed by atoms with van der Waals surface area (Å²) >= 11 is 0. The lowest BCUT2D eigenvalue weighted by molar-refractivity contribution is 0.399. The maximum Gasteiger partial charge on any atom is 0.213 e. The second-order valence-electron chi connectivity index (χ2n) is 3.26. The fourth-order valence-electron chi connectivity index (χ4n) is 1.54. The number of nitrogen functional groups attached to an aromatic ring is 1. The van der Waals surface area contributed by atoms with Gasteiger partial charge in [0.05, 0.1) is 12.6 Å². The van der Waals surface area contributed by atoms with Crippen molar-refractivity contribution in [2.24, 2.45) is 0 Å². The zero-order valence-electron chi connectivity index (χ0n) is 8.24. The van der Waals surface area contributed by atoms with E-state index in [0.29, 0.717) is 5.88 Å². The summed E-state index contributed by atoms with van der Waals surface area (Å²) in [7, 11) is 1.60. The number of methoxy groups -OCH3 is 1. The van der Waals surface area contributed by atoms with Crippen LogP contribution in [-0.4, -0.2) is 12.1 Å². The lowest BCUT2D eigenvalue weighted by atomic mass is 10.1. The maximum absolute atomic E-state index is 5.74. The molecule has 1 aromatic heterocycles. The number of pyridine rings is 1. The summed E-state index contributed by atoms with van der Waals surface area (Å²) in [5.41, 5.74) is 8.48. The van der Waals surface area contributed by atoms with E-state index in [2.05, 4.69) is 4.98 Å². The van der Waals surface area contributed by atoms with Gasteiger partial charge in [-0.2, -0.15) is 0 Å². The molecule has 0 spiro atoms. The molecule has 14 heavy (non-hydrogen) atoms. The molecule has 2 N–H and O–H groups in total. The Kier molecular flexibility index (Phi) is 2.00. The Morgan fingerprint density at radius 2 is 2.07 bits per heavy atom. The Labute approximate surface area is 82.5 Å². The number of benzene rings is 1. The van der Waals surface area contributed by atoms with Crippen molar-refractivity contribution >= 4 is 16.6 Å². The third kappa shape index (κ3) is 1.37. The lowest BCUT2D eigenvalue weighted by Crippen LogP contribution is -1.91. The molecular formula is C11H12N2O. The Balaban J connectivity index is 2.75. The standard InChI is InChI=1S/C11H12N2O/c1-7-5-8(12)6-10-9(7)3-4-11(13-10)14-2/h3-6H,12H2,1-2H3. The summed E-state index contributed by atoms with van der Waals surface area (Å²) in [6, 6.07) is 7.64. The summed E-state index contributed by atoms with van der Waals surface area (Å²) < 4.78 is 5.05. The van der Waals surface area contributed by atoms with Gasteiger partial charge in [-0.05, 0) is 30.7 Å². The molecule has 0 aliphatic heterocycles. The van der Waals surface area contributed by atoms with Crippen LogP contribution in [0.2, 0.25) is 0 Å². The molecule has 0 radical (unpaired) electrons. The lowest BCUT2D eigenvalue weighted by Gasteiger charge is -2.05. The van der Waals surface area contributed by atoms with E-state index < -0.39 is 0 Å². The summed E-state index contributed by atoms with van der Waals surface area (Å²) in [4.78, 5) is 4.31. The van der Waals surface area contributed by atoms with E-state index in [1.165, 1.54) is 0 Å². The fraction of sp³-hybridized carbons (Fsp3) is 0.182. The molecular weight excluding hydrogens is 176 g/mol. The molecule has 3 nitrogen and oxygen atoms in total. The van der Waals surface area contributed by atoms with Crippen LogP contribution < -0.4 is 10.5 Å². The van der Waals surface area contributed by atoms with E-state index in [-0.39, 0.29) is 0 Å². The molecule has 3 heteroatoms. The van der Waals surface area contributed by atoms with Crippen molar-refractivity contribution in [1.29, 1.82) is 0 Å². The predicted octanol–water partition coefficient (Wildman–Crippen LogP) is 2.13. The zero-order valence-corrected chi connectivity index (χ0v) is 8.24. The van der Waals surface area contributed by atoms with E-state index in [1.54, 1.807) is 7.11 Å². The highest BCUT2D eigenvalue weighted by Crippen LogP contribution is 2.22. The summed E-state index contributed by atoms with van der Waals surface area (Å²) in [5.74, 6) is 0.613. The van der Waals surface area contributed by atoms with Crippen molar-refractivity contribution in [3.63, 3.8) is 0 Å². The van der Waals surface area contributed by atoms with Crippen LogP contribution in [0.25, 0.3) is 10.9 Å². The van der Waals surface area contributed by atoms with Gasteiger partial charge in [-0.1, -0.05) is 0 Å². The second kappa shape index (κ2) is 3.18. The van der Waals surface area contributed by atoms with Crippen LogP contribution >= 0.6 is 0 Å². The number of anilines is 1. The number of fused-ring (bicyclic) bond motifs is 1. The van der Waals surface area contributed by atoms with Gasteiger partial charge in [0.2, 0.25) is 5.88 Å². The van der Waals surface area contributed by atoms with Crippen LogP contribution in [0.15, 0.2) is 24.3 Å². The number of aryl methyl sites for hydroxylation is 1. The topological polar surface area (TPSA) is 48.1 Å². The minimum absolute atomic E-state index is 0.613. The van der Waals surface area contributed by atoms with E-state index in [0.717, 1.165) is 22.2 Å². The average molecular weight is 188 g/mol. The molecule has 2 aromatic rings. The van der Waals surface area contributed by atoms with Crippen LogP contribution in [0.5, 0.6) is 5.88 Å². The first-order chi connectivity index (χ1) is 6.70. The number of nitrogens with two attached hydrogens (primary N) is 1. The third-order valence-corrected chi connectivity index (χ3v) is 2.22. The van der Waals surface area contributed by atoms with E-state index in [4.69, 9.17) is 10.5 Å². The Morgan fingerprint density at radius 3 is 2.79 bits per heavy atom. The summed E-state index contributed by atoms with van der Waals surface area (Å²) in [5, 5.41) is 1.11. The Morgan fingerprint density at radius 1 is 1.29 bits per heavy atom. The van der Waals surface area contributed by atoms with Crippen molar-refractivity contribution in [2.75, 3.05) is 12.8 Å². The SMILES string of the molecule is COc1ccc2c(C)cc(N)cc2n1. The van der Waals surface area contributed by atoms with Gasteiger partial charge in [0.25, 0.3) is 0 Å². The van der Waals surface area contributed by atoms with Gasteiger partial charge in [0.1, 0.15) is 0 Å². The van der Waals surface area contributed by atoms with Gasteiger partial charge < -0.3 is 10.5 Å². The molecule has 1 heterocycles. The minimum Gasteiger partial charge on any atom is -0.481 e. The monoisotopic (exact) mass is 188 g/mol. The number of nitrogens with zero attached hydrogens (tertiary/aromatic N) is 1. The quantitative estimate of drug-likeness (QED) is 0.697. The highest BCUT2D eigenvalue weighted by atomic mass is 16.5. The van der Waals surface area contributed by atoms with Gasteiger partial charge in [-0.15, -0.1) is 0 Å². The van der Waals surface area contributed by atoms with Crippen molar-refractivity contribution in [2.45, 2.75) is 6.92 Å². The fourth-order valence-corrected chi connectivity index (χ4v) is 1.54. The molecule has 72 valence electrons. The van der Waals surface area contributed by atoms with Crippen LogP contribution in [0.4, 0.5) is 5.69 Å². The molecule has 0 unspecified atom stereocenters. The van der Waals surface area contributed by atoms with Crippen LogP contribution in [0.1, 0.15) is 5.56 Å². The van der Waals surface area contributed by atoms with E-state index in [9.17, 15) is 0 Å². The van der Waals surface area contributed by atoms with Gasteiger partial charge in [-0.3, -0.25) is 0 Å². The predicted molar refractivity (Wildman–Crippen MR) is 57.4 cm³/mol. The first-order valence-corrected chi connectivity index (χ1v) is 4.41. The first-order valence-electron chi connectivity index (χ1n) is 4.41. The van der Waals surface area contributed by atoms with Crippen molar-refractivity contribution < 1.29 is 4.74 Å². The third-order valence-electron chi connectivity index (χ3n) is 2.22. The van der Waals surface area contributed by atoms with E-state index in [1.807, 2.05) is 31.2 Å². The largest absolute Gasteiger partial charge is 0.481 e. The Hall–Kier alpha value is -1.77. The molecule has 1 aromatic carbocycles. The van der Waals surface area contributed by atoms with Crippen LogP contribution in [-0.2, 0) is 0 Å². The molecule has 0 saturated heterocycles. The zero-order chi connectivity index (χ0) is 10.1. The number of hydrogen-bond donors (Lipinski definition) is 1.